The first kappa shape index (κ1) is 18.8. The van der Waals surface area contributed by atoms with Crippen LogP contribution in [0.4, 0.5) is 0 Å². The van der Waals surface area contributed by atoms with Gasteiger partial charge in [0.25, 0.3) is 5.56 Å². The van der Waals surface area contributed by atoms with Crippen LogP contribution in [0.3, 0.4) is 0 Å². The lowest BCUT2D eigenvalue weighted by Gasteiger charge is -2.34. The van der Waals surface area contributed by atoms with Crippen LogP contribution in [0.5, 0.6) is 0 Å². The molecule has 2 bridgehead atoms. The fraction of sp³-hybridized carbons (Fsp3) is 0.526. The van der Waals surface area contributed by atoms with E-state index in [4.69, 9.17) is 4.74 Å². The van der Waals surface area contributed by atoms with Gasteiger partial charge in [-0.2, -0.15) is 5.10 Å². The highest BCUT2D eigenvalue weighted by Crippen LogP contribution is 2.52. The summed E-state index contributed by atoms with van der Waals surface area (Å²) < 4.78 is 5.16. The lowest BCUT2D eigenvalue weighted by atomic mass is 9.71. The van der Waals surface area contributed by atoms with Crippen LogP contribution in [0.1, 0.15) is 37.1 Å². The zero-order valence-corrected chi connectivity index (χ0v) is 16.4. The molecule has 148 valence electrons. The van der Waals surface area contributed by atoms with Crippen molar-refractivity contribution in [3.63, 3.8) is 0 Å². The molecule has 0 radical (unpaired) electrons. The maximum atomic E-state index is 13.0. The third-order valence-electron chi connectivity index (χ3n) is 5.93. The predicted molar refractivity (Wildman–Crippen MR) is 102 cm³/mol. The number of carbonyl (C=O) groups excluding carboxylic acids is 2. The van der Waals surface area contributed by atoms with Gasteiger partial charge in [0.05, 0.1) is 29.4 Å². The second-order valence-electron chi connectivity index (χ2n) is 7.47. The summed E-state index contributed by atoms with van der Waals surface area (Å²) in [6.45, 7) is 0. The highest BCUT2D eigenvalue weighted by molar-refractivity contribution is 7.07. The summed E-state index contributed by atoms with van der Waals surface area (Å²) in [6, 6.07) is 2.93. The van der Waals surface area contributed by atoms with Gasteiger partial charge in [-0.05, 0) is 25.3 Å². The van der Waals surface area contributed by atoms with Gasteiger partial charge in [-0.15, -0.1) is 11.3 Å². The Morgan fingerprint density at radius 3 is 2.89 bits per heavy atom. The zero-order chi connectivity index (χ0) is 19.7. The summed E-state index contributed by atoms with van der Waals surface area (Å²) in [5.41, 5.74) is 2.30. The Bertz CT molecular complexity index is 908. The molecule has 2 aliphatic rings. The second-order valence-corrected chi connectivity index (χ2v) is 8.19. The minimum absolute atomic E-state index is 0.0181. The van der Waals surface area contributed by atoms with Crippen LogP contribution in [0.25, 0.3) is 0 Å². The average molecular weight is 402 g/mol. The molecule has 2 aromatic heterocycles. The number of H-pyrrole nitrogens is 1. The highest BCUT2D eigenvalue weighted by Gasteiger charge is 2.61. The molecule has 2 aromatic rings. The number of amides is 1. The van der Waals surface area contributed by atoms with Crippen LogP contribution >= 0.6 is 11.3 Å². The van der Waals surface area contributed by atoms with Crippen LogP contribution < -0.4 is 5.56 Å². The monoisotopic (exact) mass is 402 g/mol. The number of esters is 1. The Morgan fingerprint density at radius 1 is 1.36 bits per heavy atom. The number of fused-ring (bicyclic) bond motifs is 2. The summed E-state index contributed by atoms with van der Waals surface area (Å²) in [7, 11) is 1.41. The van der Waals surface area contributed by atoms with E-state index in [-0.39, 0.29) is 29.5 Å². The molecule has 3 atom stereocenters. The summed E-state index contributed by atoms with van der Waals surface area (Å²) in [5, 5.41) is 8.30. The minimum atomic E-state index is -0.725. The van der Waals surface area contributed by atoms with Crippen molar-refractivity contribution >= 4 is 23.2 Å². The number of methoxy groups -OCH3 is 1. The van der Waals surface area contributed by atoms with E-state index < -0.39 is 5.41 Å². The van der Waals surface area contributed by atoms with Crippen LogP contribution in [0.2, 0.25) is 0 Å². The molecular weight excluding hydrogens is 380 g/mol. The van der Waals surface area contributed by atoms with Crippen molar-refractivity contribution in [3.8, 4) is 0 Å². The Hall–Kier alpha value is -2.55. The number of nitrogens with one attached hydrogen (secondary N) is 1. The number of aromatic amines is 1. The lowest BCUT2D eigenvalue weighted by molar-refractivity contribution is -0.155. The third kappa shape index (κ3) is 3.23. The Morgan fingerprint density at radius 2 is 2.21 bits per heavy atom. The van der Waals surface area contributed by atoms with Gasteiger partial charge in [0, 0.05) is 42.8 Å². The molecule has 4 rings (SSSR count). The minimum Gasteiger partial charge on any atom is -0.469 e. The largest absolute Gasteiger partial charge is 0.469 e. The van der Waals surface area contributed by atoms with Crippen LogP contribution in [0.15, 0.2) is 27.8 Å². The number of ether oxygens (including phenoxy) is 1. The summed E-state index contributed by atoms with van der Waals surface area (Å²) in [4.78, 5) is 43.2. The van der Waals surface area contributed by atoms with Crippen molar-refractivity contribution in [1.29, 1.82) is 0 Å². The average Bonchev–Trinajstić information content (AvgIpc) is 3.42. The van der Waals surface area contributed by atoms with Gasteiger partial charge in [-0.3, -0.25) is 14.4 Å². The van der Waals surface area contributed by atoms with E-state index in [0.29, 0.717) is 31.4 Å². The molecule has 2 aliphatic heterocycles. The van der Waals surface area contributed by atoms with Gasteiger partial charge in [0.2, 0.25) is 5.91 Å². The second kappa shape index (κ2) is 7.46. The van der Waals surface area contributed by atoms with Gasteiger partial charge < -0.3 is 9.64 Å². The number of hydrogen-bond donors (Lipinski definition) is 1. The Labute approximate surface area is 165 Å². The molecule has 1 N–H and O–H groups in total. The predicted octanol–water partition coefficient (Wildman–Crippen LogP) is 1.32. The smallest absolute Gasteiger partial charge is 0.314 e. The first-order valence-electron chi connectivity index (χ1n) is 9.35. The number of carbonyl (C=O) groups is 2. The van der Waals surface area contributed by atoms with E-state index in [1.807, 2.05) is 10.3 Å². The van der Waals surface area contributed by atoms with Crippen molar-refractivity contribution in [1.82, 2.24) is 20.1 Å². The Balaban J connectivity index is 1.52. The van der Waals surface area contributed by atoms with Gasteiger partial charge in [-0.1, -0.05) is 0 Å². The van der Waals surface area contributed by atoms with E-state index in [2.05, 4.69) is 15.2 Å². The fourth-order valence-electron chi connectivity index (χ4n) is 4.77. The van der Waals surface area contributed by atoms with E-state index in [1.54, 1.807) is 11.6 Å². The molecule has 8 nitrogen and oxygen atoms in total. The Kier molecular flexibility index (Phi) is 5.01. The normalized spacial score (nSPS) is 25.8. The van der Waals surface area contributed by atoms with E-state index in [0.717, 1.165) is 18.5 Å². The van der Waals surface area contributed by atoms with E-state index in [9.17, 15) is 14.4 Å². The van der Waals surface area contributed by atoms with Crippen LogP contribution in [-0.2, 0) is 27.2 Å². The molecule has 0 saturated carbocycles. The maximum absolute atomic E-state index is 13.0. The van der Waals surface area contributed by atoms with Crippen molar-refractivity contribution < 1.29 is 14.3 Å². The topological polar surface area (TPSA) is 105 Å². The summed E-state index contributed by atoms with van der Waals surface area (Å²) >= 11 is 1.50. The van der Waals surface area contributed by atoms with Crippen molar-refractivity contribution in [2.75, 3.05) is 7.11 Å². The van der Waals surface area contributed by atoms with Crippen molar-refractivity contribution in [3.05, 3.63) is 44.8 Å². The molecule has 0 aliphatic carbocycles. The van der Waals surface area contributed by atoms with Gasteiger partial charge in [-0.25, -0.2) is 10.1 Å². The van der Waals surface area contributed by atoms with Gasteiger partial charge in [0.15, 0.2) is 0 Å². The quantitative estimate of drug-likeness (QED) is 0.731. The molecule has 1 amide bonds. The highest BCUT2D eigenvalue weighted by atomic mass is 32.1. The number of rotatable bonds is 6. The van der Waals surface area contributed by atoms with Crippen molar-refractivity contribution in [2.24, 2.45) is 5.41 Å². The molecule has 2 fully saturated rings. The summed E-state index contributed by atoms with van der Waals surface area (Å²) in [6.07, 6.45) is 3.55. The number of aromatic nitrogens is 3. The molecule has 9 heteroatoms. The molecule has 4 heterocycles. The standard InChI is InChI=1S/C19H22N4O4S/c1-27-18(26)19(8-13-10-28-11-20-13)9-14-4-5-15(19)23(14)17(25)7-3-12-2-6-16(24)22-21-12/h2,6,10-11,14-15H,3-5,7-9H2,1H3,(H,22,24)/t14-,15+,19+/m1/s1. The molecule has 0 spiro atoms. The van der Waals surface area contributed by atoms with Gasteiger partial charge >= 0.3 is 5.97 Å². The molecule has 0 unspecified atom stereocenters. The zero-order valence-electron chi connectivity index (χ0n) is 15.6. The van der Waals surface area contributed by atoms with E-state index in [1.165, 1.54) is 24.5 Å². The fourth-order valence-corrected chi connectivity index (χ4v) is 5.33. The molecule has 2 saturated heterocycles. The summed E-state index contributed by atoms with van der Waals surface area (Å²) in [5.74, 6) is -0.239. The number of aryl methyl sites for hydroxylation is 1. The number of hydrogen-bond acceptors (Lipinski definition) is 7. The first-order chi connectivity index (χ1) is 13.5. The molecule has 28 heavy (non-hydrogen) atoms. The van der Waals surface area contributed by atoms with E-state index >= 15 is 0 Å². The third-order valence-corrected chi connectivity index (χ3v) is 6.57. The van der Waals surface area contributed by atoms with Crippen LogP contribution in [-0.4, -0.2) is 51.2 Å². The van der Waals surface area contributed by atoms with Crippen molar-refractivity contribution in [2.45, 2.75) is 50.6 Å². The SMILES string of the molecule is COC(=O)[C@@]1(Cc2cscn2)C[C@H]2CC[C@@H]1N2C(=O)CCc1ccc(=O)[nH]n1. The van der Waals surface area contributed by atoms with Gasteiger partial charge in [0.1, 0.15) is 0 Å². The molecule has 0 aromatic carbocycles. The molecular formula is C19H22N4O4S. The van der Waals surface area contributed by atoms with Crippen LogP contribution in [0, 0.1) is 5.41 Å². The maximum Gasteiger partial charge on any atom is 0.314 e. The first-order valence-corrected chi connectivity index (χ1v) is 10.3. The number of nitrogens with zero attached hydrogens (tertiary/aromatic N) is 3. The number of thiazole rings is 1. The lowest BCUT2D eigenvalue weighted by Crippen LogP contribution is -2.47.